The lowest BCUT2D eigenvalue weighted by atomic mass is 9.70. The molecule has 0 aromatic carbocycles. The third-order valence-corrected chi connectivity index (χ3v) is 5.17. The highest BCUT2D eigenvalue weighted by atomic mass is 16.1. The van der Waals surface area contributed by atoms with Crippen LogP contribution < -0.4 is 0 Å². The van der Waals surface area contributed by atoms with Crippen LogP contribution in [-0.2, 0) is 9.59 Å². The number of hydrogen-bond acceptors (Lipinski definition) is 2. The van der Waals surface area contributed by atoms with Gasteiger partial charge in [0, 0.05) is 21.7 Å². The Labute approximate surface area is 117 Å². The molecule has 2 fully saturated rings. The van der Waals surface area contributed by atoms with Crippen LogP contribution in [0, 0.1) is 21.7 Å². The van der Waals surface area contributed by atoms with Gasteiger partial charge in [-0.25, -0.2) is 0 Å². The van der Waals surface area contributed by atoms with Crippen molar-refractivity contribution in [2.24, 2.45) is 21.7 Å². The fourth-order valence-corrected chi connectivity index (χ4v) is 4.41. The van der Waals surface area contributed by atoms with Crippen molar-refractivity contribution < 1.29 is 9.59 Å². The SMILES string of the molecule is CC(C)(C)C(=O)C12CCC(C(=O)C(C)(C)C)(CC1)C2. The molecule has 0 radical (unpaired) electrons. The summed E-state index contributed by atoms with van der Waals surface area (Å²) in [5, 5.41) is 0. The van der Waals surface area contributed by atoms with Crippen LogP contribution in [0.2, 0.25) is 0 Å². The van der Waals surface area contributed by atoms with E-state index in [2.05, 4.69) is 0 Å². The molecule has 0 aromatic heterocycles. The van der Waals surface area contributed by atoms with Crippen molar-refractivity contribution in [2.75, 3.05) is 0 Å². The van der Waals surface area contributed by atoms with Gasteiger partial charge in [0.2, 0.25) is 0 Å². The quantitative estimate of drug-likeness (QED) is 0.750. The summed E-state index contributed by atoms with van der Waals surface area (Å²) in [6.45, 7) is 12.0. The second-order valence-corrected chi connectivity index (χ2v) is 8.90. The highest BCUT2D eigenvalue weighted by Gasteiger charge is 2.62. The van der Waals surface area contributed by atoms with E-state index in [9.17, 15) is 9.59 Å². The molecule has 2 heteroatoms. The Morgan fingerprint density at radius 2 is 0.947 bits per heavy atom. The van der Waals surface area contributed by atoms with E-state index in [-0.39, 0.29) is 21.7 Å². The van der Waals surface area contributed by atoms with Crippen LogP contribution in [0.1, 0.15) is 73.6 Å². The summed E-state index contributed by atoms with van der Waals surface area (Å²) in [5.41, 5.74) is -0.964. The number of carbonyl (C=O) groups excluding carboxylic acids is 2. The van der Waals surface area contributed by atoms with Crippen LogP contribution in [0.5, 0.6) is 0 Å². The first-order valence-corrected chi connectivity index (χ1v) is 7.53. The van der Waals surface area contributed by atoms with Crippen molar-refractivity contribution >= 4 is 11.6 Å². The highest BCUT2D eigenvalue weighted by molar-refractivity contribution is 5.95. The Kier molecular flexibility index (Phi) is 3.05. The van der Waals surface area contributed by atoms with Gasteiger partial charge in [-0.15, -0.1) is 0 Å². The molecule has 0 saturated heterocycles. The van der Waals surface area contributed by atoms with Gasteiger partial charge in [-0.1, -0.05) is 41.5 Å². The molecule has 0 amide bonds. The Morgan fingerprint density at radius 1 is 0.684 bits per heavy atom. The first-order chi connectivity index (χ1) is 8.43. The third kappa shape index (κ3) is 2.17. The second-order valence-electron chi connectivity index (χ2n) is 8.90. The first-order valence-electron chi connectivity index (χ1n) is 7.53. The zero-order valence-electron chi connectivity index (χ0n) is 13.4. The van der Waals surface area contributed by atoms with Crippen molar-refractivity contribution in [2.45, 2.75) is 73.6 Å². The Morgan fingerprint density at radius 3 is 1.16 bits per heavy atom. The van der Waals surface area contributed by atoms with E-state index in [0.717, 1.165) is 32.1 Å². The number of rotatable bonds is 2. The van der Waals surface area contributed by atoms with Gasteiger partial charge in [0.1, 0.15) is 11.6 Å². The van der Waals surface area contributed by atoms with Crippen LogP contribution in [0.15, 0.2) is 0 Å². The largest absolute Gasteiger partial charge is 0.298 e. The average molecular weight is 264 g/mol. The molecule has 2 nitrogen and oxygen atoms in total. The molecule has 2 saturated carbocycles. The molecule has 108 valence electrons. The molecule has 0 spiro atoms. The molecule has 0 heterocycles. The van der Waals surface area contributed by atoms with Crippen LogP contribution in [0.3, 0.4) is 0 Å². The molecule has 2 rings (SSSR count). The van der Waals surface area contributed by atoms with Gasteiger partial charge < -0.3 is 0 Å². The molecule has 0 atom stereocenters. The van der Waals surface area contributed by atoms with Crippen LogP contribution >= 0.6 is 0 Å². The summed E-state index contributed by atoms with van der Waals surface area (Å²) in [6, 6.07) is 0. The zero-order valence-corrected chi connectivity index (χ0v) is 13.4. The zero-order chi connectivity index (χ0) is 14.7. The van der Waals surface area contributed by atoms with E-state index in [4.69, 9.17) is 0 Å². The van der Waals surface area contributed by atoms with Gasteiger partial charge in [0.15, 0.2) is 0 Å². The predicted molar refractivity (Wildman–Crippen MR) is 76.9 cm³/mol. The summed E-state index contributed by atoms with van der Waals surface area (Å²) >= 11 is 0. The topological polar surface area (TPSA) is 34.1 Å². The average Bonchev–Trinajstić information content (AvgIpc) is 2.82. The van der Waals surface area contributed by atoms with Gasteiger partial charge in [-0.05, 0) is 32.1 Å². The molecule has 2 aliphatic carbocycles. The molecule has 0 aromatic rings. The van der Waals surface area contributed by atoms with E-state index >= 15 is 0 Å². The summed E-state index contributed by atoms with van der Waals surface area (Å²) in [6.07, 6.45) is 4.50. The van der Waals surface area contributed by atoms with Gasteiger partial charge in [-0.3, -0.25) is 9.59 Å². The van der Waals surface area contributed by atoms with E-state index < -0.39 is 0 Å². The minimum absolute atomic E-state index is 0.195. The summed E-state index contributed by atoms with van der Waals surface area (Å²) < 4.78 is 0. The number of Topliss-reactive ketones (excluding diaryl/α,β-unsaturated/α-hetero) is 2. The van der Waals surface area contributed by atoms with Crippen LogP contribution in [0.4, 0.5) is 0 Å². The van der Waals surface area contributed by atoms with Crippen molar-refractivity contribution in [3.8, 4) is 0 Å². The fraction of sp³-hybridized carbons (Fsp3) is 0.882. The highest BCUT2D eigenvalue weighted by Crippen LogP contribution is 2.64. The predicted octanol–water partition coefficient (Wildman–Crippen LogP) is 4.17. The molecular weight excluding hydrogens is 236 g/mol. The van der Waals surface area contributed by atoms with E-state index in [1.165, 1.54) is 0 Å². The van der Waals surface area contributed by atoms with Crippen molar-refractivity contribution in [1.29, 1.82) is 0 Å². The lowest BCUT2D eigenvalue weighted by Gasteiger charge is -2.32. The summed E-state index contributed by atoms with van der Waals surface area (Å²) in [5.74, 6) is 0.752. The number of fused-ring (bicyclic) bond motifs is 2. The first kappa shape index (κ1) is 14.7. The van der Waals surface area contributed by atoms with Gasteiger partial charge in [0.05, 0.1) is 0 Å². The van der Waals surface area contributed by atoms with Crippen molar-refractivity contribution in [3.05, 3.63) is 0 Å². The maximum absolute atomic E-state index is 12.7. The Balaban J connectivity index is 2.27. The molecule has 2 aliphatic rings. The summed E-state index contributed by atoms with van der Waals surface area (Å²) in [4.78, 5) is 25.5. The summed E-state index contributed by atoms with van der Waals surface area (Å²) in [7, 11) is 0. The van der Waals surface area contributed by atoms with Gasteiger partial charge in [-0.2, -0.15) is 0 Å². The minimum atomic E-state index is -0.287. The fourth-order valence-electron chi connectivity index (χ4n) is 4.41. The lowest BCUT2D eigenvalue weighted by Crippen LogP contribution is -2.36. The van der Waals surface area contributed by atoms with E-state index in [1.54, 1.807) is 0 Å². The molecular formula is C17H28O2. The monoisotopic (exact) mass is 264 g/mol. The Bertz CT molecular complexity index is 370. The van der Waals surface area contributed by atoms with Gasteiger partial charge >= 0.3 is 0 Å². The molecule has 19 heavy (non-hydrogen) atoms. The van der Waals surface area contributed by atoms with Crippen molar-refractivity contribution in [1.82, 2.24) is 0 Å². The molecule has 0 N–H and O–H groups in total. The lowest BCUT2D eigenvalue weighted by molar-refractivity contribution is -0.136. The molecule has 0 aliphatic heterocycles. The van der Waals surface area contributed by atoms with Crippen LogP contribution in [0.25, 0.3) is 0 Å². The van der Waals surface area contributed by atoms with Crippen LogP contribution in [-0.4, -0.2) is 11.6 Å². The smallest absolute Gasteiger partial charge is 0.144 e. The number of ketones is 2. The molecule has 2 bridgehead atoms. The normalized spacial score (nSPS) is 34.6. The standard InChI is InChI=1S/C17H28O2/c1-14(2,3)12(18)16-7-9-17(11-16,10-8-16)13(19)15(4,5)6/h7-11H2,1-6H3. The second kappa shape index (κ2) is 3.93. The number of carbonyl (C=O) groups is 2. The minimum Gasteiger partial charge on any atom is -0.298 e. The van der Waals surface area contributed by atoms with E-state index in [1.807, 2.05) is 41.5 Å². The van der Waals surface area contributed by atoms with Crippen molar-refractivity contribution in [3.63, 3.8) is 0 Å². The van der Waals surface area contributed by atoms with Gasteiger partial charge in [0.25, 0.3) is 0 Å². The maximum Gasteiger partial charge on any atom is 0.144 e. The Hall–Kier alpha value is -0.660. The number of hydrogen-bond donors (Lipinski definition) is 0. The van der Waals surface area contributed by atoms with E-state index in [0.29, 0.717) is 11.6 Å². The third-order valence-electron chi connectivity index (χ3n) is 5.17. The maximum atomic E-state index is 12.7. The molecule has 0 unspecified atom stereocenters.